The van der Waals surface area contributed by atoms with Gasteiger partial charge < -0.3 is 19.9 Å². The average Bonchev–Trinajstić information content (AvgIpc) is 2.54. The van der Waals surface area contributed by atoms with E-state index >= 15 is 0 Å². The summed E-state index contributed by atoms with van der Waals surface area (Å²) in [6.45, 7) is 7.15. The van der Waals surface area contributed by atoms with Crippen molar-refractivity contribution in [1.29, 1.82) is 0 Å². The molecule has 7 nitrogen and oxygen atoms in total. The van der Waals surface area contributed by atoms with Gasteiger partial charge in [-0.25, -0.2) is 4.79 Å². The second-order valence-electron chi connectivity index (χ2n) is 6.57. The highest BCUT2D eigenvalue weighted by Crippen LogP contribution is 2.18. The van der Waals surface area contributed by atoms with Crippen molar-refractivity contribution in [2.24, 2.45) is 0 Å². The van der Waals surface area contributed by atoms with E-state index in [0.29, 0.717) is 43.8 Å². The molecule has 0 saturated carbocycles. The van der Waals surface area contributed by atoms with Crippen molar-refractivity contribution >= 4 is 24.1 Å². The van der Waals surface area contributed by atoms with E-state index in [4.69, 9.17) is 4.74 Å². The lowest BCUT2D eigenvalue weighted by Gasteiger charge is -2.35. The number of para-hydroxylation sites is 1. The lowest BCUT2D eigenvalue weighted by atomic mass is 10.1. The summed E-state index contributed by atoms with van der Waals surface area (Å²) >= 11 is 0. The fraction of sp³-hybridized carbons (Fsp3) is 0.471. The molecule has 2 rings (SSSR count). The Morgan fingerprint density at radius 3 is 2.25 bits per heavy atom. The maximum Gasteiger partial charge on any atom is 0.410 e. The lowest BCUT2D eigenvalue weighted by Crippen LogP contribution is -2.51. The number of hydrogen-bond donors (Lipinski definition) is 1. The Balaban J connectivity index is 1.98. The molecule has 24 heavy (non-hydrogen) atoms. The van der Waals surface area contributed by atoms with Gasteiger partial charge in [-0.2, -0.15) is 0 Å². The predicted octanol–water partition coefficient (Wildman–Crippen LogP) is 1.95. The highest BCUT2D eigenvalue weighted by Gasteiger charge is 2.28. The van der Waals surface area contributed by atoms with Gasteiger partial charge in [-0.05, 0) is 32.9 Å². The molecule has 130 valence electrons. The Morgan fingerprint density at radius 1 is 1.08 bits per heavy atom. The molecule has 1 N–H and O–H groups in total. The van der Waals surface area contributed by atoms with Crippen LogP contribution in [0.2, 0.25) is 0 Å². The molecule has 1 heterocycles. The maximum absolute atomic E-state index is 12.6. The van der Waals surface area contributed by atoms with E-state index in [9.17, 15) is 14.4 Å². The Kier molecular flexibility index (Phi) is 5.43. The minimum Gasteiger partial charge on any atom is -0.444 e. The van der Waals surface area contributed by atoms with Crippen molar-refractivity contribution in [3.05, 3.63) is 29.8 Å². The van der Waals surface area contributed by atoms with Crippen molar-refractivity contribution in [3.63, 3.8) is 0 Å². The van der Waals surface area contributed by atoms with Crippen LogP contribution in [0.4, 0.5) is 10.5 Å². The molecule has 0 aliphatic carbocycles. The van der Waals surface area contributed by atoms with Crippen molar-refractivity contribution in [3.8, 4) is 0 Å². The summed E-state index contributed by atoms with van der Waals surface area (Å²) in [4.78, 5) is 38.6. The first kappa shape index (κ1) is 17.8. The van der Waals surface area contributed by atoms with E-state index in [-0.39, 0.29) is 12.0 Å². The summed E-state index contributed by atoms with van der Waals surface area (Å²) in [5.74, 6) is -0.163. The molecule has 1 aromatic rings. The van der Waals surface area contributed by atoms with E-state index in [1.807, 2.05) is 20.8 Å². The van der Waals surface area contributed by atoms with E-state index in [2.05, 4.69) is 5.32 Å². The first-order valence-corrected chi connectivity index (χ1v) is 7.88. The first-order valence-electron chi connectivity index (χ1n) is 7.88. The summed E-state index contributed by atoms with van der Waals surface area (Å²) in [6, 6.07) is 6.86. The summed E-state index contributed by atoms with van der Waals surface area (Å²) in [5, 5.41) is 2.54. The number of benzene rings is 1. The minimum atomic E-state index is -0.538. The highest BCUT2D eigenvalue weighted by atomic mass is 16.6. The number of hydrogen-bond acceptors (Lipinski definition) is 4. The largest absolute Gasteiger partial charge is 0.444 e. The zero-order valence-electron chi connectivity index (χ0n) is 14.2. The number of rotatable bonds is 3. The number of nitrogens with one attached hydrogen (secondary N) is 1. The zero-order chi connectivity index (χ0) is 17.7. The molecule has 7 heteroatoms. The Morgan fingerprint density at radius 2 is 1.67 bits per heavy atom. The molecule has 0 spiro atoms. The van der Waals surface area contributed by atoms with E-state index in [1.54, 1.807) is 34.1 Å². The third-order valence-corrected chi connectivity index (χ3v) is 3.59. The summed E-state index contributed by atoms with van der Waals surface area (Å²) in [7, 11) is 0. The minimum absolute atomic E-state index is 0.163. The number of nitrogens with zero attached hydrogens (tertiary/aromatic N) is 2. The van der Waals surface area contributed by atoms with Crippen molar-refractivity contribution in [2.45, 2.75) is 26.4 Å². The number of piperazine rings is 1. The Hall–Kier alpha value is -2.57. The average molecular weight is 333 g/mol. The monoisotopic (exact) mass is 333 g/mol. The smallest absolute Gasteiger partial charge is 0.410 e. The molecule has 1 fully saturated rings. The van der Waals surface area contributed by atoms with Crippen LogP contribution >= 0.6 is 0 Å². The van der Waals surface area contributed by atoms with Crippen LogP contribution in [0.1, 0.15) is 31.1 Å². The molecule has 3 amide bonds. The SMILES string of the molecule is CC(C)(C)OC(=O)N1CCN(C(=O)c2ccccc2NC=O)CC1. The van der Waals surface area contributed by atoms with E-state index in [1.165, 1.54) is 0 Å². The van der Waals surface area contributed by atoms with Crippen LogP contribution in [0, 0.1) is 0 Å². The normalized spacial score (nSPS) is 15.0. The predicted molar refractivity (Wildman–Crippen MR) is 89.8 cm³/mol. The van der Waals surface area contributed by atoms with Gasteiger partial charge >= 0.3 is 6.09 Å². The summed E-state index contributed by atoms with van der Waals surface area (Å²) in [5.41, 5.74) is 0.381. The second-order valence-corrected chi connectivity index (χ2v) is 6.57. The van der Waals surface area contributed by atoms with Gasteiger partial charge in [0.1, 0.15) is 5.60 Å². The van der Waals surface area contributed by atoms with Crippen molar-refractivity contribution < 1.29 is 19.1 Å². The van der Waals surface area contributed by atoms with Gasteiger partial charge in [0.05, 0.1) is 11.3 Å². The number of ether oxygens (including phenoxy) is 1. The molecule has 0 atom stereocenters. The standard InChI is InChI=1S/C17H23N3O4/c1-17(2,3)24-16(23)20-10-8-19(9-11-20)15(22)13-6-4-5-7-14(13)18-12-21/h4-7,12H,8-11H2,1-3H3,(H,18,21). The van der Waals surface area contributed by atoms with Crippen molar-refractivity contribution in [2.75, 3.05) is 31.5 Å². The fourth-order valence-corrected chi connectivity index (χ4v) is 2.45. The third kappa shape index (κ3) is 4.47. The van der Waals surface area contributed by atoms with Crippen LogP contribution < -0.4 is 5.32 Å². The van der Waals surface area contributed by atoms with Gasteiger partial charge in [0, 0.05) is 26.2 Å². The first-order chi connectivity index (χ1) is 11.3. The van der Waals surface area contributed by atoms with Gasteiger partial charge in [0.2, 0.25) is 6.41 Å². The maximum atomic E-state index is 12.6. The lowest BCUT2D eigenvalue weighted by molar-refractivity contribution is -0.105. The van der Waals surface area contributed by atoms with Gasteiger partial charge in [0.15, 0.2) is 0 Å². The topological polar surface area (TPSA) is 79.0 Å². The van der Waals surface area contributed by atoms with Crippen LogP contribution in [-0.4, -0.2) is 60.0 Å². The Labute approximate surface area is 141 Å². The van der Waals surface area contributed by atoms with Gasteiger partial charge in [-0.1, -0.05) is 12.1 Å². The number of carbonyl (C=O) groups excluding carboxylic acids is 3. The Bertz CT molecular complexity index is 617. The molecular formula is C17H23N3O4. The van der Waals surface area contributed by atoms with E-state index in [0.717, 1.165) is 0 Å². The van der Waals surface area contributed by atoms with Crippen LogP contribution in [0.25, 0.3) is 0 Å². The molecule has 1 aliphatic rings. The fourth-order valence-electron chi connectivity index (χ4n) is 2.45. The second kappa shape index (κ2) is 7.33. The molecule has 1 saturated heterocycles. The van der Waals surface area contributed by atoms with E-state index < -0.39 is 5.60 Å². The zero-order valence-corrected chi connectivity index (χ0v) is 14.2. The summed E-state index contributed by atoms with van der Waals surface area (Å²) in [6.07, 6.45) is 0.185. The third-order valence-electron chi connectivity index (χ3n) is 3.59. The number of amides is 3. The molecular weight excluding hydrogens is 310 g/mol. The van der Waals surface area contributed by atoms with Crippen LogP contribution in [0.3, 0.4) is 0 Å². The van der Waals surface area contributed by atoms with Gasteiger partial charge in [-0.15, -0.1) is 0 Å². The van der Waals surface area contributed by atoms with Crippen LogP contribution in [-0.2, 0) is 9.53 Å². The molecule has 0 unspecified atom stereocenters. The van der Waals surface area contributed by atoms with Gasteiger partial charge in [0.25, 0.3) is 5.91 Å². The molecule has 1 aliphatic heterocycles. The summed E-state index contributed by atoms with van der Waals surface area (Å²) < 4.78 is 5.34. The molecule has 0 aromatic heterocycles. The molecule has 0 bridgehead atoms. The van der Waals surface area contributed by atoms with Gasteiger partial charge in [-0.3, -0.25) is 9.59 Å². The van der Waals surface area contributed by atoms with Crippen molar-refractivity contribution in [1.82, 2.24) is 9.80 Å². The highest BCUT2D eigenvalue weighted by molar-refractivity contribution is 6.01. The van der Waals surface area contributed by atoms with Crippen LogP contribution in [0.5, 0.6) is 0 Å². The quantitative estimate of drug-likeness (QED) is 0.858. The number of carbonyl (C=O) groups is 3. The number of anilines is 1. The van der Waals surface area contributed by atoms with Crippen LogP contribution in [0.15, 0.2) is 24.3 Å². The molecule has 1 aromatic carbocycles. The molecule has 0 radical (unpaired) electrons.